The first-order chi connectivity index (χ1) is 33.7. The van der Waals surface area contributed by atoms with Gasteiger partial charge in [-0.2, -0.15) is 0 Å². The summed E-state index contributed by atoms with van der Waals surface area (Å²) in [6.07, 6.45) is -0.717. The number of benzene rings is 8. The summed E-state index contributed by atoms with van der Waals surface area (Å²) in [5, 5.41) is 3.43. The number of fused-ring (bicyclic) bond motifs is 20. The molecule has 2 N–H and O–H groups in total. The molecule has 0 atom stereocenters. The average molecular weight is 879 g/mol. The van der Waals surface area contributed by atoms with E-state index in [9.17, 15) is 0 Å². The number of hydrogen-bond donors (Lipinski definition) is 2. The third kappa shape index (κ3) is 6.99. The van der Waals surface area contributed by atoms with E-state index in [1.54, 1.807) is 0 Å². The highest BCUT2D eigenvalue weighted by Gasteiger charge is 2.25. The van der Waals surface area contributed by atoms with E-state index in [1.165, 1.54) is 0 Å². The van der Waals surface area contributed by atoms with Gasteiger partial charge in [0.25, 0.3) is 0 Å². The van der Waals surface area contributed by atoms with Gasteiger partial charge in [0.2, 0.25) is 0 Å². The summed E-state index contributed by atoms with van der Waals surface area (Å²) in [6.45, 7) is 0. The van der Waals surface area contributed by atoms with Gasteiger partial charge in [0.05, 0.1) is 0 Å². The van der Waals surface area contributed by atoms with Crippen LogP contribution in [-0.4, -0.2) is 39.9 Å². The van der Waals surface area contributed by atoms with E-state index in [0.717, 1.165) is 66.1 Å². The quantitative estimate of drug-likeness (QED) is 0.154. The van der Waals surface area contributed by atoms with Crippen molar-refractivity contribution < 1.29 is 9.47 Å². The second-order valence-corrected chi connectivity index (χ2v) is 16.8. The molecule has 0 saturated carbocycles. The van der Waals surface area contributed by atoms with Crippen LogP contribution in [0.15, 0.2) is 206 Å². The lowest BCUT2D eigenvalue weighted by Crippen LogP contribution is -2.09. The number of aromatic nitrogens is 8. The molecule has 10 heteroatoms. The maximum Gasteiger partial charge on any atom is 0.164 e. The Hall–Kier alpha value is -9.28. The molecule has 0 aliphatic carbocycles. The molecule has 8 bridgehead atoms. The van der Waals surface area contributed by atoms with Gasteiger partial charge >= 0.3 is 0 Å². The summed E-state index contributed by atoms with van der Waals surface area (Å²) in [6, 6.07) is 69.2. The van der Waals surface area contributed by atoms with Gasteiger partial charge in [-0.1, -0.05) is 170 Å². The van der Waals surface area contributed by atoms with Crippen LogP contribution in [0.2, 0.25) is 0 Å². The third-order valence-corrected chi connectivity index (χ3v) is 12.5. The summed E-state index contributed by atoms with van der Waals surface area (Å²) in [7, 11) is 0. The van der Waals surface area contributed by atoms with E-state index < -0.39 is 0 Å². The monoisotopic (exact) mass is 878 g/mol. The highest BCUT2D eigenvalue weighted by molar-refractivity contribution is 6.06. The molecule has 0 spiro atoms. The summed E-state index contributed by atoms with van der Waals surface area (Å²) in [4.78, 5) is 38.4. The largest absolute Gasteiger partial charge is 0.481 e. The van der Waals surface area contributed by atoms with Crippen molar-refractivity contribution in [2.45, 2.75) is 12.2 Å². The Kier molecular flexibility index (Phi) is 9.38. The SMILES string of the molecule is c1ccc(C(Oc2ccc3c(c2)-c2nc-3nc3[nH]c(nc4nc(nc5[nH]c(n2)c2ccccc52)-c2ccccc2-4)c2ccc(OC(c4ccccc4)c4ccccc4)cc32)c2ccccc2)cc1. The van der Waals surface area contributed by atoms with Crippen molar-refractivity contribution in [2.75, 3.05) is 0 Å². The Morgan fingerprint density at radius 3 is 1.07 bits per heavy atom. The minimum atomic E-state index is -0.359. The number of hydrogen-bond acceptors (Lipinski definition) is 8. The first-order valence-corrected chi connectivity index (χ1v) is 22.5. The van der Waals surface area contributed by atoms with Crippen LogP contribution < -0.4 is 9.47 Å². The molecule has 0 unspecified atom stereocenters. The normalized spacial score (nSPS) is 11.8. The molecule has 8 aromatic carbocycles. The van der Waals surface area contributed by atoms with Gasteiger partial charge in [-0.25, -0.2) is 29.9 Å². The van der Waals surface area contributed by atoms with E-state index >= 15 is 0 Å². The molecule has 322 valence electrons. The maximum absolute atomic E-state index is 6.91. The molecule has 10 nitrogen and oxygen atoms in total. The summed E-state index contributed by atoms with van der Waals surface area (Å²) >= 11 is 0. The number of aromatic amines is 2. The molecule has 3 aromatic heterocycles. The van der Waals surface area contributed by atoms with Crippen LogP contribution in [-0.2, 0) is 0 Å². The highest BCUT2D eigenvalue weighted by atomic mass is 16.5. The van der Waals surface area contributed by atoms with E-state index in [-0.39, 0.29) is 12.2 Å². The zero-order valence-electron chi connectivity index (χ0n) is 36.3. The van der Waals surface area contributed by atoms with Crippen LogP contribution in [0.25, 0.3) is 89.7 Å². The topological polar surface area (TPSA) is 127 Å². The Bertz CT molecular complexity index is 3800. The fraction of sp³-hybridized carbons (Fsp3) is 0.0345. The zero-order chi connectivity index (χ0) is 45.0. The lowest BCUT2D eigenvalue weighted by Gasteiger charge is -2.20. The van der Waals surface area contributed by atoms with E-state index in [4.69, 9.17) is 39.4 Å². The predicted octanol–water partition coefficient (Wildman–Crippen LogP) is 13.2. The number of nitrogens with one attached hydrogen (secondary N) is 2. The minimum Gasteiger partial charge on any atom is -0.481 e. The third-order valence-electron chi connectivity index (χ3n) is 12.5. The molecule has 68 heavy (non-hydrogen) atoms. The Labute approximate surface area is 389 Å². The molecular weight excluding hydrogens is 841 g/mol. The second kappa shape index (κ2) is 16.3. The van der Waals surface area contributed by atoms with Crippen molar-refractivity contribution in [1.82, 2.24) is 39.9 Å². The van der Waals surface area contributed by atoms with Crippen molar-refractivity contribution in [3.63, 3.8) is 0 Å². The number of rotatable bonds is 8. The van der Waals surface area contributed by atoms with E-state index in [0.29, 0.717) is 57.4 Å². The van der Waals surface area contributed by atoms with Crippen LogP contribution in [0.4, 0.5) is 0 Å². The van der Waals surface area contributed by atoms with E-state index in [1.807, 2.05) is 158 Å². The van der Waals surface area contributed by atoms with Crippen molar-refractivity contribution in [2.24, 2.45) is 0 Å². The number of ether oxygens (including phenoxy) is 2. The van der Waals surface area contributed by atoms with Gasteiger partial charge in [-0.3, -0.25) is 0 Å². The predicted molar refractivity (Wildman–Crippen MR) is 267 cm³/mol. The summed E-state index contributed by atoms with van der Waals surface area (Å²) < 4.78 is 13.8. The molecule has 0 fully saturated rings. The van der Waals surface area contributed by atoms with Crippen LogP contribution >= 0.6 is 0 Å². The van der Waals surface area contributed by atoms with Gasteiger partial charge in [-0.05, 0) is 58.7 Å². The minimum absolute atomic E-state index is 0.357. The van der Waals surface area contributed by atoms with Crippen LogP contribution in [0.3, 0.4) is 0 Å². The van der Waals surface area contributed by atoms with Crippen LogP contribution in [0.1, 0.15) is 34.5 Å². The molecule has 2 aliphatic heterocycles. The molecule has 0 amide bonds. The molecule has 13 rings (SSSR count). The molecule has 0 saturated heterocycles. The van der Waals surface area contributed by atoms with E-state index in [2.05, 4.69) is 58.5 Å². The first kappa shape index (κ1) is 39.1. The number of nitrogens with zero attached hydrogens (tertiary/aromatic N) is 6. The highest BCUT2D eigenvalue weighted by Crippen LogP contribution is 2.41. The van der Waals surface area contributed by atoms with Gasteiger partial charge in [-0.15, -0.1) is 0 Å². The molecule has 2 aliphatic rings. The fourth-order valence-electron chi connectivity index (χ4n) is 9.24. The zero-order valence-corrected chi connectivity index (χ0v) is 36.3. The lowest BCUT2D eigenvalue weighted by atomic mass is 10.0. The second-order valence-electron chi connectivity index (χ2n) is 16.8. The first-order valence-electron chi connectivity index (χ1n) is 22.5. The van der Waals surface area contributed by atoms with Crippen molar-refractivity contribution in [1.29, 1.82) is 0 Å². The van der Waals surface area contributed by atoms with Crippen LogP contribution in [0.5, 0.6) is 11.5 Å². The van der Waals surface area contributed by atoms with Crippen molar-refractivity contribution in [3.05, 3.63) is 229 Å². The fourth-order valence-corrected chi connectivity index (χ4v) is 9.24. The standard InChI is InChI=1S/C58H38N8O2/c1-5-17-35(18-6-1)49(36-19-7-2-8-20-36)67-39-29-31-45-47(33-39)58-64-55(45)62-53-42-26-14-13-25-41(42)51(60-53)59-52-43-27-15-16-28-44(43)54(61-52)63-57-48-34-40(30-32-46(48)56(65-57)66-58)68-50(37-21-9-3-10-22-37)38-23-11-4-12-24-38/h1-34,49-50H,(H2,59,60,61,62,63,64,65,66). The van der Waals surface area contributed by atoms with Gasteiger partial charge in [0, 0.05) is 43.8 Å². The molecule has 0 radical (unpaired) electrons. The molecular formula is C58H38N8O2. The summed E-state index contributed by atoms with van der Waals surface area (Å²) in [5.74, 6) is 3.36. The summed E-state index contributed by atoms with van der Waals surface area (Å²) in [5.41, 5.74) is 9.84. The molecule has 5 heterocycles. The van der Waals surface area contributed by atoms with Gasteiger partial charge < -0.3 is 19.4 Å². The van der Waals surface area contributed by atoms with Crippen LogP contribution in [0, 0.1) is 0 Å². The van der Waals surface area contributed by atoms with Gasteiger partial charge in [0.1, 0.15) is 46.3 Å². The maximum atomic E-state index is 6.91. The Morgan fingerprint density at radius 2 is 0.618 bits per heavy atom. The lowest BCUT2D eigenvalue weighted by molar-refractivity contribution is 0.247. The average Bonchev–Trinajstić information content (AvgIpc) is 4.14. The Morgan fingerprint density at radius 1 is 0.279 bits per heavy atom. The van der Waals surface area contributed by atoms with Gasteiger partial charge in [0.15, 0.2) is 23.3 Å². The smallest absolute Gasteiger partial charge is 0.164 e. The Balaban J connectivity index is 1.05. The van der Waals surface area contributed by atoms with Crippen molar-refractivity contribution >= 4 is 44.1 Å². The number of H-pyrrole nitrogens is 2. The molecule has 11 aromatic rings. The van der Waals surface area contributed by atoms with Crippen molar-refractivity contribution in [3.8, 4) is 57.1 Å².